The molecular formula is C49H74N4O6. The summed E-state index contributed by atoms with van der Waals surface area (Å²) < 4.78 is 0. The zero-order valence-electron chi connectivity index (χ0n) is 36.9. The summed E-state index contributed by atoms with van der Waals surface area (Å²) in [6, 6.07) is -0.408. The van der Waals surface area contributed by atoms with E-state index in [9.17, 15) is 29.7 Å². The van der Waals surface area contributed by atoms with E-state index in [1.807, 2.05) is 6.08 Å². The Hall–Kier alpha value is -3.41. The molecule has 0 aliphatic carbocycles. The first-order valence-corrected chi connectivity index (χ1v) is 22.4. The van der Waals surface area contributed by atoms with Crippen LogP contribution in [0.25, 0.3) is 0 Å². The predicted molar refractivity (Wildman–Crippen MR) is 237 cm³/mol. The number of hydrogen-bond acceptors (Lipinski definition) is 8. The van der Waals surface area contributed by atoms with Gasteiger partial charge < -0.3 is 36.6 Å². The smallest absolute Gasteiger partial charge is 0.303 e. The zero-order valence-corrected chi connectivity index (χ0v) is 36.9. The molecule has 0 spiro atoms. The molecule has 5 aliphatic rings. The van der Waals surface area contributed by atoms with Crippen molar-refractivity contribution in [3.05, 3.63) is 81.0 Å². The highest BCUT2D eigenvalue weighted by molar-refractivity contribution is 5.79. The fraction of sp³-hybridized carbons (Fsp3) is 0.653. The van der Waals surface area contributed by atoms with E-state index in [-0.39, 0.29) is 79.4 Å². The van der Waals surface area contributed by atoms with Crippen LogP contribution >= 0.6 is 0 Å². The molecule has 5 aliphatic heterocycles. The van der Waals surface area contributed by atoms with E-state index in [0.717, 1.165) is 68.0 Å². The molecule has 5 heterocycles. The minimum Gasteiger partial charge on any atom is -0.481 e. The van der Waals surface area contributed by atoms with Crippen molar-refractivity contribution in [1.82, 2.24) is 21.3 Å². The molecule has 0 radical (unpaired) electrons. The maximum absolute atomic E-state index is 12.9. The summed E-state index contributed by atoms with van der Waals surface area (Å²) in [6.07, 6.45) is 18.5. The van der Waals surface area contributed by atoms with Crippen molar-refractivity contribution in [1.29, 1.82) is 0 Å². The minimum absolute atomic E-state index is 0.00563. The fourth-order valence-electron chi connectivity index (χ4n) is 11.0. The Morgan fingerprint density at radius 1 is 0.712 bits per heavy atom. The highest BCUT2D eigenvalue weighted by atomic mass is 16.4. The van der Waals surface area contributed by atoms with Gasteiger partial charge in [-0.25, -0.2) is 0 Å². The summed E-state index contributed by atoms with van der Waals surface area (Å²) in [7, 11) is 0. The van der Waals surface area contributed by atoms with Crippen LogP contribution in [0.1, 0.15) is 138 Å². The number of aliphatic hydroxyl groups excluding tert-OH is 1. The molecule has 59 heavy (non-hydrogen) atoms. The van der Waals surface area contributed by atoms with Crippen molar-refractivity contribution in [2.75, 3.05) is 0 Å². The van der Waals surface area contributed by atoms with Gasteiger partial charge in [-0.05, 0) is 147 Å². The van der Waals surface area contributed by atoms with Crippen molar-refractivity contribution in [3.63, 3.8) is 0 Å². The molecule has 326 valence electrons. The van der Waals surface area contributed by atoms with Gasteiger partial charge in [-0.3, -0.25) is 14.4 Å². The first kappa shape index (κ1) is 46.7. The number of hydrogen-bond donors (Lipinski definition) is 7. The van der Waals surface area contributed by atoms with Crippen LogP contribution in [0.15, 0.2) is 81.0 Å². The number of rotatable bonds is 18. The molecule has 2 fully saturated rings. The van der Waals surface area contributed by atoms with Gasteiger partial charge in [0.2, 0.25) is 0 Å². The Morgan fingerprint density at radius 3 is 1.93 bits per heavy atom. The van der Waals surface area contributed by atoms with Crippen molar-refractivity contribution >= 4 is 18.2 Å². The van der Waals surface area contributed by atoms with Gasteiger partial charge in [0.1, 0.15) is 6.29 Å². The fourth-order valence-corrected chi connectivity index (χ4v) is 11.0. The molecule has 0 amide bonds. The Morgan fingerprint density at radius 2 is 1.29 bits per heavy atom. The first-order chi connectivity index (χ1) is 28.1. The van der Waals surface area contributed by atoms with E-state index in [2.05, 4.69) is 94.5 Å². The van der Waals surface area contributed by atoms with Crippen LogP contribution in [0.4, 0.5) is 0 Å². The second kappa shape index (κ2) is 21.4. The topological polar surface area (TPSA) is 160 Å². The lowest BCUT2D eigenvalue weighted by molar-refractivity contribution is -0.138. The summed E-state index contributed by atoms with van der Waals surface area (Å²) in [5.74, 6) is -1.40. The van der Waals surface area contributed by atoms with Crippen LogP contribution in [0.2, 0.25) is 0 Å². The summed E-state index contributed by atoms with van der Waals surface area (Å²) in [5.41, 5.74) is 10.3. The van der Waals surface area contributed by atoms with Crippen LogP contribution in [0.3, 0.4) is 0 Å². The summed E-state index contributed by atoms with van der Waals surface area (Å²) in [6.45, 7) is 19.5. The second-order valence-corrected chi connectivity index (χ2v) is 18.6. The summed E-state index contributed by atoms with van der Waals surface area (Å²) in [5, 5.41) is 47.0. The van der Waals surface area contributed by atoms with Gasteiger partial charge in [-0.15, -0.1) is 0 Å². The Labute approximate surface area is 353 Å². The monoisotopic (exact) mass is 815 g/mol. The number of aliphatic carboxylic acids is 2. The van der Waals surface area contributed by atoms with Crippen LogP contribution < -0.4 is 21.3 Å². The third-order valence-electron chi connectivity index (χ3n) is 14.3. The number of carboxylic acid groups (broad SMARTS) is 2. The highest BCUT2D eigenvalue weighted by Gasteiger charge is 2.47. The molecule has 5 rings (SSSR count). The Bertz CT molecular complexity index is 1750. The minimum atomic E-state index is -0.903. The van der Waals surface area contributed by atoms with Crippen molar-refractivity contribution in [2.45, 2.75) is 193 Å². The van der Waals surface area contributed by atoms with Crippen LogP contribution in [0.5, 0.6) is 0 Å². The number of carbonyl (C=O) groups excluding carboxylic acids is 1. The van der Waals surface area contributed by atoms with E-state index in [1.165, 1.54) is 27.9 Å². The molecule has 10 nitrogen and oxygen atoms in total. The second-order valence-electron chi connectivity index (χ2n) is 18.6. The van der Waals surface area contributed by atoms with Gasteiger partial charge >= 0.3 is 11.9 Å². The van der Waals surface area contributed by atoms with Crippen LogP contribution in [-0.2, 0) is 14.4 Å². The molecule has 10 heteroatoms. The van der Waals surface area contributed by atoms with Crippen molar-refractivity contribution in [3.8, 4) is 0 Å². The maximum Gasteiger partial charge on any atom is 0.303 e. The maximum atomic E-state index is 12.9. The summed E-state index contributed by atoms with van der Waals surface area (Å²) >= 11 is 0. The number of fused-ring (bicyclic) bond motifs is 8. The highest BCUT2D eigenvalue weighted by Crippen LogP contribution is 2.42. The van der Waals surface area contributed by atoms with Gasteiger partial charge in [0.15, 0.2) is 0 Å². The number of carboxylic acids is 2. The number of nitrogens with one attached hydrogen (secondary N) is 4. The quantitative estimate of drug-likeness (QED) is 0.0538. The molecule has 8 bridgehead atoms. The zero-order chi connectivity index (χ0) is 43.0. The molecule has 0 aromatic rings. The lowest BCUT2D eigenvalue weighted by Gasteiger charge is -2.28. The van der Waals surface area contributed by atoms with Gasteiger partial charge in [0, 0.05) is 66.7 Å². The van der Waals surface area contributed by atoms with Crippen LogP contribution in [-0.4, -0.2) is 88.0 Å². The van der Waals surface area contributed by atoms with Gasteiger partial charge in [0.25, 0.3) is 0 Å². The number of aldehydes is 1. The van der Waals surface area contributed by atoms with Crippen molar-refractivity contribution in [2.24, 2.45) is 11.8 Å². The lowest BCUT2D eigenvalue weighted by Crippen LogP contribution is -2.46. The number of allylic oxidation sites excluding steroid dienone is 6. The molecule has 2 saturated heterocycles. The summed E-state index contributed by atoms with van der Waals surface area (Å²) in [4.78, 5) is 36.6. The predicted octanol–water partition coefficient (Wildman–Crippen LogP) is 7.78. The Balaban J connectivity index is 1.41. The third kappa shape index (κ3) is 11.9. The van der Waals surface area contributed by atoms with E-state index >= 15 is 0 Å². The molecule has 0 aromatic heterocycles. The number of aliphatic hydroxyl groups is 1. The molecule has 11 atom stereocenters. The SMILES string of the molecule is C=CC1=C(C)C2CC3NC(CC4NC(CC5NC(CC1N2)C(C)C5CCC(=O)O)C(CCC(=O)O)=C4C=O)C(C)=C3C(O)CCC=C(C)CCC=C(C)CCC=C(C)C. The van der Waals surface area contributed by atoms with E-state index in [1.54, 1.807) is 0 Å². The van der Waals surface area contributed by atoms with Crippen molar-refractivity contribution < 1.29 is 29.7 Å². The molecular weight excluding hydrogens is 741 g/mol. The number of carbonyl (C=O) groups is 3. The third-order valence-corrected chi connectivity index (χ3v) is 14.3. The largest absolute Gasteiger partial charge is 0.481 e. The standard InChI is InChI=1S/C49H74N4O6/c1-9-34-31(6)39-25-45-49(46(55)18-12-17-30(5)16-11-15-29(4)14-10-13-28(2)3)33(8)40(52-45)24-44-37(27-54)36(20-22-48(58)59)43(53-44)26-42-35(19-21-47(56)57)32(7)38(51-42)23-41(34)50-39/h9,13,15,17,27,32,35,38-46,50-53,55H,1,10-12,14,16,18-26H2,2-8H3,(H,56,57)(H,58,59). The van der Waals surface area contributed by atoms with E-state index in [0.29, 0.717) is 31.3 Å². The lowest BCUT2D eigenvalue weighted by atomic mass is 9.80. The molecule has 7 N–H and O–H groups in total. The van der Waals surface area contributed by atoms with E-state index in [4.69, 9.17) is 0 Å². The van der Waals surface area contributed by atoms with Gasteiger partial charge in [-0.1, -0.05) is 65.7 Å². The normalized spacial score (nSPS) is 31.9. The Kier molecular flexibility index (Phi) is 16.9. The van der Waals surface area contributed by atoms with Gasteiger partial charge in [0.05, 0.1) is 6.10 Å². The average Bonchev–Trinajstić information content (AvgIpc) is 3.85. The molecule has 0 saturated carbocycles. The first-order valence-electron chi connectivity index (χ1n) is 22.4. The molecule has 11 unspecified atom stereocenters. The van der Waals surface area contributed by atoms with Gasteiger partial charge in [-0.2, -0.15) is 0 Å². The van der Waals surface area contributed by atoms with Crippen LogP contribution in [0, 0.1) is 11.8 Å². The average molecular weight is 815 g/mol. The molecule has 0 aromatic carbocycles. The van der Waals surface area contributed by atoms with E-state index < -0.39 is 18.0 Å².